The lowest BCUT2D eigenvalue weighted by molar-refractivity contribution is -0.134. The van der Waals surface area contributed by atoms with Crippen molar-refractivity contribution < 1.29 is 9.59 Å². The first kappa shape index (κ1) is 23.1. The fraction of sp³-hybridized carbons (Fsp3) is 0.154. The minimum Gasteiger partial charge on any atom is -0.375 e. The summed E-state index contributed by atoms with van der Waals surface area (Å²) in [5, 5.41) is 5.29. The molecule has 0 bridgehead atoms. The molecule has 0 unspecified atom stereocenters. The van der Waals surface area contributed by atoms with Crippen LogP contribution in [0.2, 0.25) is 0 Å². The van der Waals surface area contributed by atoms with Crippen molar-refractivity contribution in [2.24, 2.45) is 0 Å². The summed E-state index contributed by atoms with van der Waals surface area (Å²) < 4.78 is 0. The van der Waals surface area contributed by atoms with Crippen LogP contribution in [0, 0.1) is 0 Å². The van der Waals surface area contributed by atoms with Crippen molar-refractivity contribution >= 4 is 34.0 Å². The number of anilines is 2. The summed E-state index contributed by atoms with van der Waals surface area (Å²) >= 11 is 1.38. The first-order valence-corrected chi connectivity index (χ1v) is 11.8. The van der Waals surface area contributed by atoms with E-state index in [1.807, 2.05) is 66.0 Å². The summed E-state index contributed by atoms with van der Waals surface area (Å²) in [6, 6.07) is 21.0. The minimum atomic E-state index is -0.252. The predicted molar refractivity (Wildman–Crippen MR) is 135 cm³/mol. The number of hydrogen-bond donors (Lipinski definition) is 2. The highest BCUT2D eigenvalue weighted by Gasteiger charge is 2.18. The number of pyridine rings is 1. The van der Waals surface area contributed by atoms with E-state index in [0.29, 0.717) is 23.8 Å². The van der Waals surface area contributed by atoms with Crippen LogP contribution in [0.5, 0.6) is 0 Å². The molecule has 8 heteroatoms. The standard InChI is InChI=1S/C26H25N5O2S/c27-26-30-23(18-34-26)21-8-10-22(11-9-21)29-24(32)17-31(14-12-19-5-2-1-3-6-19)25(33)15-20-7-4-13-28-16-20/h1-11,13,16,18H,12,14-15,17H2,(H2,27,30)(H,29,32). The highest BCUT2D eigenvalue weighted by atomic mass is 32.1. The number of aromatic nitrogens is 2. The molecule has 0 fully saturated rings. The quantitative estimate of drug-likeness (QED) is 0.384. The number of carbonyl (C=O) groups excluding carboxylic acids is 2. The van der Waals surface area contributed by atoms with Gasteiger partial charge in [0, 0.05) is 35.6 Å². The average Bonchev–Trinajstić information content (AvgIpc) is 3.29. The van der Waals surface area contributed by atoms with Crippen LogP contribution in [0.15, 0.2) is 84.5 Å². The number of nitrogen functional groups attached to an aromatic ring is 1. The first-order valence-electron chi connectivity index (χ1n) is 10.9. The van der Waals surface area contributed by atoms with E-state index in [2.05, 4.69) is 15.3 Å². The molecule has 2 aromatic heterocycles. The van der Waals surface area contributed by atoms with Crippen molar-refractivity contribution in [2.75, 3.05) is 24.1 Å². The summed E-state index contributed by atoms with van der Waals surface area (Å²) in [7, 11) is 0. The third kappa shape index (κ3) is 6.49. The minimum absolute atomic E-state index is 0.0314. The van der Waals surface area contributed by atoms with Crippen molar-refractivity contribution in [1.82, 2.24) is 14.9 Å². The van der Waals surface area contributed by atoms with Gasteiger partial charge in [-0.05, 0) is 35.7 Å². The molecule has 0 saturated carbocycles. The van der Waals surface area contributed by atoms with Gasteiger partial charge in [-0.15, -0.1) is 11.3 Å². The van der Waals surface area contributed by atoms with Crippen LogP contribution in [-0.2, 0) is 22.4 Å². The van der Waals surface area contributed by atoms with Gasteiger partial charge in [-0.25, -0.2) is 4.98 Å². The molecule has 7 nitrogen and oxygen atoms in total. The molecule has 4 rings (SSSR count). The number of carbonyl (C=O) groups is 2. The topological polar surface area (TPSA) is 101 Å². The number of nitrogens with one attached hydrogen (secondary N) is 1. The Balaban J connectivity index is 1.40. The number of thiazole rings is 1. The van der Waals surface area contributed by atoms with E-state index in [9.17, 15) is 9.59 Å². The van der Waals surface area contributed by atoms with Crippen molar-refractivity contribution in [3.05, 3.63) is 95.6 Å². The number of benzene rings is 2. The highest BCUT2D eigenvalue weighted by molar-refractivity contribution is 7.13. The number of nitrogens with two attached hydrogens (primary N) is 1. The number of rotatable bonds is 9. The lowest BCUT2D eigenvalue weighted by atomic mass is 10.1. The van der Waals surface area contributed by atoms with Gasteiger partial charge in [-0.3, -0.25) is 14.6 Å². The second kappa shape index (κ2) is 11.2. The highest BCUT2D eigenvalue weighted by Crippen LogP contribution is 2.24. The van der Waals surface area contributed by atoms with E-state index in [-0.39, 0.29) is 24.8 Å². The maximum atomic E-state index is 13.0. The number of hydrogen-bond acceptors (Lipinski definition) is 6. The molecule has 2 heterocycles. The molecule has 0 spiro atoms. The first-order chi connectivity index (χ1) is 16.6. The maximum Gasteiger partial charge on any atom is 0.243 e. The second-order valence-electron chi connectivity index (χ2n) is 7.79. The Morgan fingerprint density at radius 1 is 0.971 bits per heavy atom. The largest absolute Gasteiger partial charge is 0.375 e. The molecule has 2 aromatic carbocycles. The van der Waals surface area contributed by atoms with Crippen LogP contribution < -0.4 is 11.1 Å². The van der Waals surface area contributed by atoms with E-state index in [0.717, 1.165) is 22.4 Å². The molecular formula is C26H25N5O2S. The third-order valence-corrected chi connectivity index (χ3v) is 5.94. The van der Waals surface area contributed by atoms with Crippen molar-refractivity contribution in [3.63, 3.8) is 0 Å². The number of amides is 2. The van der Waals surface area contributed by atoms with Gasteiger partial charge in [0.15, 0.2) is 5.13 Å². The van der Waals surface area contributed by atoms with Gasteiger partial charge in [-0.2, -0.15) is 0 Å². The molecule has 0 saturated heterocycles. The van der Waals surface area contributed by atoms with E-state index in [1.54, 1.807) is 23.4 Å². The Hall–Kier alpha value is -4.04. The molecule has 0 radical (unpaired) electrons. The van der Waals surface area contributed by atoms with Crippen molar-refractivity contribution in [3.8, 4) is 11.3 Å². The molecular weight excluding hydrogens is 446 g/mol. The predicted octanol–water partition coefficient (Wildman–Crippen LogP) is 4.04. The molecule has 172 valence electrons. The molecule has 4 aromatic rings. The maximum absolute atomic E-state index is 13.0. The smallest absolute Gasteiger partial charge is 0.243 e. The van der Waals surface area contributed by atoms with Crippen LogP contribution in [0.3, 0.4) is 0 Å². The Labute approximate surface area is 202 Å². The Morgan fingerprint density at radius 2 is 1.74 bits per heavy atom. The monoisotopic (exact) mass is 471 g/mol. The molecule has 3 N–H and O–H groups in total. The van der Waals surface area contributed by atoms with Crippen molar-refractivity contribution in [2.45, 2.75) is 12.8 Å². The van der Waals surface area contributed by atoms with E-state index >= 15 is 0 Å². The van der Waals surface area contributed by atoms with Gasteiger partial charge >= 0.3 is 0 Å². The number of nitrogens with zero attached hydrogens (tertiary/aromatic N) is 3. The zero-order valence-electron chi connectivity index (χ0n) is 18.6. The summed E-state index contributed by atoms with van der Waals surface area (Å²) in [6.07, 6.45) is 4.20. The summed E-state index contributed by atoms with van der Waals surface area (Å²) in [4.78, 5) is 35.8. The van der Waals surface area contributed by atoms with Gasteiger partial charge in [0.1, 0.15) is 0 Å². The Bertz CT molecular complexity index is 1230. The van der Waals surface area contributed by atoms with Crippen molar-refractivity contribution in [1.29, 1.82) is 0 Å². The third-order valence-electron chi connectivity index (χ3n) is 5.26. The summed E-state index contributed by atoms with van der Waals surface area (Å²) in [5.41, 5.74) is 10.0. The summed E-state index contributed by atoms with van der Waals surface area (Å²) in [5.74, 6) is -0.367. The zero-order valence-corrected chi connectivity index (χ0v) is 19.4. The normalized spacial score (nSPS) is 10.6. The van der Waals surface area contributed by atoms with E-state index in [4.69, 9.17) is 5.73 Å². The van der Waals surface area contributed by atoms with Gasteiger partial charge in [-0.1, -0.05) is 48.5 Å². The molecule has 0 atom stereocenters. The van der Waals surface area contributed by atoms with Crippen LogP contribution in [0.4, 0.5) is 10.8 Å². The lowest BCUT2D eigenvalue weighted by Crippen LogP contribution is -2.40. The molecule has 0 aliphatic carbocycles. The summed E-state index contributed by atoms with van der Waals surface area (Å²) in [6.45, 7) is 0.414. The van der Waals surface area contributed by atoms with Gasteiger partial charge in [0.05, 0.1) is 18.7 Å². The van der Waals surface area contributed by atoms with Gasteiger partial charge in [0.25, 0.3) is 0 Å². The molecule has 34 heavy (non-hydrogen) atoms. The molecule has 0 aliphatic heterocycles. The van der Waals surface area contributed by atoms with Crippen LogP contribution in [0.1, 0.15) is 11.1 Å². The second-order valence-corrected chi connectivity index (χ2v) is 8.68. The van der Waals surface area contributed by atoms with E-state index < -0.39 is 0 Å². The SMILES string of the molecule is Nc1nc(-c2ccc(NC(=O)CN(CCc3ccccc3)C(=O)Cc3cccnc3)cc2)cs1. The van der Waals surface area contributed by atoms with E-state index in [1.165, 1.54) is 11.3 Å². The Morgan fingerprint density at radius 3 is 2.41 bits per heavy atom. The van der Waals surface area contributed by atoms with Crippen LogP contribution in [0.25, 0.3) is 11.3 Å². The average molecular weight is 472 g/mol. The fourth-order valence-corrected chi connectivity index (χ4v) is 4.08. The zero-order chi connectivity index (χ0) is 23.8. The molecule has 2 amide bonds. The fourth-order valence-electron chi connectivity index (χ4n) is 3.51. The van der Waals surface area contributed by atoms with Crippen LogP contribution >= 0.6 is 11.3 Å². The Kier molecular flexibility index (Phi) is 7.62. The molecule has 0 aliphatic rings. The van der Waals surface area contributed by atoms with Crippen LogP contribution in [-0.4, -0.2) is 39.8 Å². The lowest BCUT2D eigenvalue weighted by Gasteiger charge is -2.22. The van der Waals surface area contributed by atoms with Gasteiger partial charge < -0.3 is 16.0 Å². The van der Waals surface area contributed by atoms with Gasteiger partial charge in [0.2, 0.25) is 11.8 Å².